The molecule has 1 aliphatic heterocycles. The minimum Gasteiger partial charge on any atom is -0.368 e. The number of nitrogens with zero attached hydrogens (tertiary/aromatic N) is 6. The Bertz CT molecular complexity index is 1230. The van der Waals surface area contributed by atoms with Crippen LogP contribution in [-0.2, 0) is 14.1 Å². The minimum atomic E-state index is -0.0109. The first-order valence-electron chi connectivity index (χ1n) is 9.48. The van der Waals surface area contributed by atoms with Crippen LogP contribution < -0.4 is 15.4 Å². The van der Waals surface area contributed by atoms with Crippen molar-refractivity contribution in [1.82, 2.24) is 19.1 Å². The fourth-order valence-electron chi connectivity index (χ4n) is 3.98. The molecule has 4 aromatic rings. The maximum atomic E-state index is 12.2. The highest BCUT2D eigenvalue weighted by Crippen LogP contribution is 2.24. The molecule has 0 amide bonds. The van der Waals surface area contributed by atoms with E-state index in [-0.39, 0.29) is 5.56 Å². The molecule has 0 saturated carbocycles. The van der Waals surface area contributed by atoms with Crippen molar-refractivity contribution in [1.29, 1.82) is 0 Å². The molecule has 28 heavy (non-hydrogen) atoms. The molecule has 0 N–H and O–H groups in total. The summed E-state index contributed by atoms with van der Waals surface area (Å²) in [7, 11) is 3.80. The molecular formula is C21H22N6O. The molecule has 2 aromatic heterocycles. The predicted octanol–water partition coefficient (Wildman–Crippen LogP) is 2.15. The van der Waals surface area contributed by atoms with Crippen LogP contribution in [0.15, 0.2) is 53.6 Å². The minimum absolute atomic E-state index is 0.0109. The maximum absolute atomic E-state index is 12.2. The van der Waals surface area contributed by atoms with Gasteiger partial charge in [0.1, 0.15) is 0 Å². The van der Waals surface area contributed by atoms with Crippen molar-refractivity contribution < 1.29 is 0 Å². The molecule has 0 radical (unpaired) electrons. The fourth-order valence-corrected chi connectivity index (χ4v) is 3.98. The first kappa shape index (κ1) is 16.8. The Kier molecular flexibility index (Phi) is 3.82. The Labute approximate surface area is 162 Å². The van der Waals surface area contributed by atoms with Crippen molar-refractivity contribution in [2.75, 3.05) is 36.0 Å². The first-order valence-corrected chi connectivity index (χ1v) is 9.48. The number of aryl methyl sites for hydroxylation is 2. The van der Waals surface area contributed by atoms with Crippen molar-refractivity contribution in [2.45, 2.75) is 0 Å². The molecule has 0 aliphatic carbocycles. The summed E-state index contributed by atoms with van der Waals surface area (Å²) in [4.78, 5) is 26.1. The lowest BCUT2D eigenvalue weighted by molar-refractivity contribution is 0.632. The average molecular weight is 374 g/mol. The van der Waals surface area contributed by atoms with Gasteiger partial charge in [-0.1, -0.05) is 12.1 Å². The van der Waals surface area contributed by atoms with E-state index < -0.39 is 0 Å². The normalized spacial score (nSPS) is 14.9. The van der Waals surface area contributed by atoms with Gasteiger partial charge in [0.25, 0.3) is 5.56 Å². The number of hydrogen-bond acceptors (Lipinski definition) is 5. The molecule has 1 aliphatic rings. The van der Waals surface area contributed by atoms with Gasteiger partial charge < -0.3 is 18.9 Å². The second-order valence-electron chi connectivity index (χ2n) is 7.30. The molecule has 5 rings (SSSR count). The van der Waals surface area contributed by atoms with Gasteiger partial charge in [0.05, 0.1) is 28.3 Å². The lowest BCUT2D eigenvalue weighted by Crippen LogP contribution is -2.47. The number of anilines is 2. The number of aromatic nitrogens is 4. The van der Waals surface area contributed by atoms with Crippen LogP contribution in [0.25, 0.3) is 21.9 Å². The zero-order valence-electron chi connectivity index (χ0n) is 16.0. The molecule has 7 nitrogen and oxygen atoms in total. The smallest absolute Gasteiger partial charge is 0.260 e. The average Bonchev–Trinajstić information content (AvgIpc) is 3.07. The molecule has 1 saturated heterocycles. The van der Waals surface area contributed by atoms with E-state index in [0.29, 0.717) is 5.39 Å². The topological polar surface area (TPSA) is 59.2 Å². The fraction of sp³-hybridized carbons (Fsp3) is 0.286. The Balaban J connectivity index is 1.38. The summed E-state index contributed by atoms with van der Waals surface area (Å²) in [6.45, 7) is 3.61. The van der Waals surface area contributed by atoms with E-state index in [1.807, 2.05) is 30.3 Å². The summed E-state index contributed by atoms with van der Waals surface area (Å²) in [6.07, 6.45) is 1.58. The third kappa shape index (κ3) is 2.62. The monoisotopic (exact) mass is 374 g/mol. The van der Waals surface area contributed by atoms with Crippen LogP contribution in [0.5, 0.6) is 0 Å². The molecule has 3 heterocycles. The van der Waals surface area contributed by atoms with E-state index in [0.717, 1.165) is 54.4 Å². The summed E-state index contributed by atoms with van der Waals surface area (Å²) in [5, 5.41) is 0.659. The second-order valence-corrected chi connectivity index (χ2v) is 7.30. The lowest BCUT2D eigenvalue weighted by atomic mass is 10.2. The Hall–Kier alpha value is -3.35. The van der Waals surface area contributed by atoms with Gasteiger partial charge in [0.2, 0.25) is 5.95 Å². The van der Waals surface area contributed by atoms with Gasteiger partial charge in [-0.25, -0.2) is 9.97 Å². The van der Waals surface area contributed by atoms with E-state index in [9.17, 15) is 4.79 Å². The van der Waals surface area contributed by atoms with Crippen molar-refractivity contribution in [2.24, 2.45) is 14.1 Å². The van der Waals surface area contributed by atoms with Crippen LogP contribution in [-0.4, -0.2) is 45.3 Å². The molecule has 7 heteroatoms. The molecule has 142 valence electrons. The molecular weight excluding hydrogens is 352 g/mol. The zero-order valence-corrected chi connectivity index (χ0v) is 16.0. The maximum Gasteiger partial charge on any atom is 0.260 e. The number of hydrogen-bond donors (Lipinski definition) is 0. The van der Waals surface area contributed by atoms with Gasteiger partial charge in [-0.15, -0.1) is 0 Å². The van der Waals surface area contributed by atoms with E-state index in [1.165, 1.54) is 4.57 Å². The highest BCUT2D eigenvalue weighted by atomic mass is 16.1. The lowest BCUT2D eigenvalue weighted by Gasteiger charge is -2.36. The van der Waals surface area contributed by atoms with Gasteiger partial charge in [0.15, 0.2) is 0 Å². The van der Waals surface area contributed by atoms with E-state index in [1.54, 1.807) is 13.4 Å². The van der Waals surface area contributed by atoms with Crippen LogP contribution >= 0.6 is 0 Å². The van der Waals surface area contributed by atoms with Crippen LogP contribution in [0.3, 0.4) is 0 Å². The number of rotatable bonds is 2. The number of benzene rings is 2. The molecule has 0 atom stereocenters. The molecule has 0 bridgehead atoms. The molecule has 1 fully saturated rings. The third-order valence-corrected chi connectivity index (χ3v) is 5.59. The third-order valence-electron chi connectivity index (χ3n) is 5.59. The molecule has 2 aromatic carbocycles. The van der Waals surface area contributed by atoms with E-state index in [2.05, 4.69) is 38.5 Å². The van der Waals surface area contributed by atoms with Gasteiger partial charge in [-0.05, 0) is 30.3 Å². The van der Waals surface area contributed by atoms with Crippen LogP contribution in [0.1, 0.15) is 0 Å². The summed E-state index contributed by atoms with van der Waals surface area (Å²) in [5.74, 6) is 1.02. The number of imidazole rings is 1. The standard InChI is InChI=1S/C21H22N6O/c1-24-14-22-18-13-15(7-8-16(18)20(24)28)26-9-11-27(12-10-26)21-23-17-5-3-4-6-19(17)25(21)2/h3-8,13-14H,9-12H2,1-2H3. The summed E-state index contributed by atoms with van der Waals surface area (Å²) >= 11 is 0. The van der Waals surface area contributed by atoms with Crippen molar-refractivity contribution >= 4 is 33.6 Å². The highest BCUT2D eigenvalue weighted by Gasteiger charge is 2.21. The largest absolute Gasteiger partial charge is 0.368 e. The zero-order chi connectivity index (χ0) is 19.3. The Morgan fingerprint density at radius 3 is 2.43 bits per heavy atom. The Morgan fingerprint density at radius 1 is 0.893 bits per heavy atom. The highest BCUT2D eigenvalue weighted by molar-refractivity contribution is 5.81. The van der Waals surface area contributed by atoms with Gasteiger partial charge in [-0.3, -0.25) is 4.79 Å². The number of piperazine rings is 1. The number of para-hydroxylation sites is 2. The van der Waals surface area contributed by atoms with Gasteiger partial charge in [-0.2, -0.15) is 0 Å². The van der Waals surface area contributed by atoms with Gasteiger partial charge >= 0.3 is 0 Å². The summed E-state index contributed by atoms with van der Waals surface area (Å²) in [6, 6.07) is 14.2. The summed E-state index contributed by atoms with van der Waals surface area (Å²) in [5.41, 5.74) is 4.03. The molecule has 0 unspecified atom stereocenters. The van der Waals surface area contributed by atoms with Crippen LogP contribution in [0.4, 0.5) is 11.6 Å². The quantitative estimate of drug-likeness (QED) is 0.538. The SMILES string of the molecule is Cn1cnc2cc(N3CCN(c4nc5ccccc5n4C)CC3)ccc2c1=O. The van der Waals surface area contributed by atoms with Crippen molar-refractivity contribution in [3.63, 3.8) is 0 Å². The Morgan fingerprint density at radius 2 is 1.64 bits per heavy atom. The van der Waals surface area contributed by atoms with E-state index in [4.69, 9.17) is 4.98 Å². The van der Waals surface area contributed by atoms with Crippen molar-refractivity contribution in [3.05, 3.63) is 59.1 Å². The van der Waals surface area contributed by atoms with Crippen molar-refractivity contribution in [3.8, 4) is 0 Å². The predicted molar refractivity (Wildman–Crippen MR) is 112 cm³/mol. The van der Waals surface area contributed by atoms with E-state index >= 15 is 0 Å². The molecule has 0 spiro atoms. The summed E-state index contributed by atoms with van der Waals surface area (Å²) < 4.78 is 3.68. The van der Waals surface area contributed by atoms with Gasteiger partial charge in [0, 0.05) is 46.0 Å². The van der Waals surface area contributed by atoms with Crippen LogP contribution in [0, 0.1) is 0 Å². The first-order chi connectivity index (χ1) is 13.6. The second kappa shape index (κ2) is 6.37. The number of fused-ring (bicyclic) bond motifs is 2. The van der Waals surface area contributed by atoms with Crippen LogP contribution in [0.2, 0.25) is 0 Å².